The van der Waals surface area contributed by atoms with Gasteiger partial charge in [0.25, 0.3) is 0 Å². The smallest absolute Gasteiger partial charge is 0.412 e. The van der Waals surface area contributed by atoms with Crippen molar-refractivity contribution in [2.45, 2.75) is 150 Å². The molecule has 1 heterocycles. The van der Waals surface area contributed by atoms with Crippen molar-refractivity contribution in [2.75, 3.05) is 17.2 Å². The van der Waals surface area contributed by atoms with Gasteiger partial charge in [-0.15, -0.1) is 0 Å². The zero-order valence-electron chi connectivity index (χ0n) is 35.7. The Kier molecular flexibility index (Phi) is 17.0. The molecule has 0 unspecified atom stereocenters. The number of hydrogen-bond donors (Lipinski definition) is 3. The zero-order valence-corrected chi connectivity index (χ0v) is 35.7. The van der Waals surface area contributed by atoms with Crippen LogP contribution >= 0.6 is 0 Å². The highest BCUT2D eigenvalue weighted by atomic mass is 16.6. The van der Waals surface area contributed by atoms with Crippen LogP contribution in [0.3, 0.4) is 0 Å². The fourth-order valence-corrected chi connectivity index (χ4v) is 6.47. The molecule has 1 aliphatic heterocycles. The van der Waals surface area contributed by atoms with Gasteiger partial charge in [-0.3, -0.25) is 29.8 Å². The number of amides is 3. The molecular weight excluding hydrogens is 727 g/mol. The van der Waals surface area contributed by atoms with Crippen molar-refractivity contribution in [1.82, 2.24) is 5.32 Å². The molecular formula is C45H65N3O9. The van der Waals surface area contributed by atoms with E-state index in [0.29, 0.717) is 36.4 Å². The summed E-state index contributed by atoms with van der Waals surface area (Å²) < 4.78 is 16.2. The van der Waals surface area contributed by atoms with Gasteiger partial charge in [0.2, 0.25) is 5.91 Å². The summed E-state index contributed by atoms with van der Waals surface area (Å²) in [6.07, 6.45) is 2.47. The summed E-state index contributed by atoms with van der Waals surface area (Å²) >= 11 is 0. The number of nitrogens with one attached hydrogen (secondary N) is 3. The van der Waals surface area contributed by atoms with Gasteiger partial charge >= 0.3 is 12.2 Å². The minimum absolute atomic E-state index is 0.0104. The van der Waals surface area contributed by atoms with Gasteiger partial charge in [-0.1, -0.05) is 57.9 Å². The number of epoxide rings is 1. The molecule has 0 aliphatic carbocycles. The van der Waals surface area contributed by atoms with E-state index in [1.165, 1.54) is 0 Å². The first-order chi connectivity index (χ1) is 26.6. The van der Waals surface area contributed by atoms with Crippen molar-refractivity contribution in [3.05, 3.63) is 59.7 Å². The Labute approximate surface area is 338 Å². The van der Waals surface area contributed by atoms with Crippen molar-refractivity contribution in [2.24, 2.45) is 17.8 Å². The Morgan fingerprint density at radius 3 is 1.67 bits per heavy atom. The average Bonchev–Trinajstić information content (AvgIpc) is 3.85. The summed E-state index contributed by atoms with van der Waals surface area (Å²) in [7, 11) is 0. The first-order valence-electron chi connectivity index (χ1n) is 20.3. The lowest BCUT2D eigenvalue weighted by atomic mass is 9.82. The molecule has 3 N–H and O–H groups in total. The van der Waals surface area contributed by atoms with Crippen LogP contribution in [0.1, 0.15) is 125 Å². The summed E-state index contributed by atoms with van der Waals surface area (Å²) in [6, 6.07) is 12.9. The fourth-order valence-electron chi connectivity index (χ4n) is 6.47. The first kappa shape index (κ1) is 46.8. The first-order valence-corrected chi connectivity index (χ1v) is 20.3. The minimum atomic E-state index is -1.00. The molecule has 2 aromatic carbocycles. The van der Waals surface area contributed by atoms with E-state index in [-0.39, 0.29) is 49.0 Å². The van der Waals surface area contributed by atoms with Crippen molar-refractivity contribution in [3.8, 4) is 0 Å². The normalized spacial score (nSPS) is 16.8. The van der Waals surface area contributed by atoms with Crippen LogP contribution < -0.4 is 16.0 Å². The molecule has 57 heavy (non-hydrogen) atoms. The van der Waals surface area contributed by atoms with Gasteiger partial charge in [-0.25, -0.2) is 9.59 Å². The number of hydrogen-bond acceptors (Lipinski definition) is 9. The second-order valence-corrected chi connectivity index (χ2v) is 17.9. The SMILES string of the molecule is CCCCCC(=O)C[C@@H](Cc1ccc(NC(=O)OC(C)(C)C)cc1)C(=O)N[C@@H](Cc1ccc(NC(=O)OC(C)(C)C)cc1)C(=O)C[C@@H](CC(C)C)C(=O)[C@@]1(C)CO1. The third kappa shape index (κ3) is 17.2. The summed E-state index contributed by atoms with van der Waals surface area (Å²) in [4.78, 5) is 80.0. The number of unbranched alkanes of at least 4 members (excludes halogenated alkanes) is 2. The predicted octanol–water partition coefficient (Wildman–Crippen LogP) is 8.79. The number of anilines is 2. The highest BCUT2D eigenvalue weighted by Gasteiger charge is 2.50. The maximum absolute atomic E-state index is 14.3. The van der Waals surface area contributed by atoms with Gasteiger partial charge in [-0.2, -0.15) is 0 Å². The van der Waals surface area contributed by atoms with Crippen LogP contribution in [0.2, 0.25) is 0 Å². The van der Waals surface area contributed by atoms with E-state index in [0.717, 1.165) is 24.8 Å². The van der Waals surface area contributed by atoms with Crippen LogP contribution in [0.15, 0.2) is 48.5 Å². The topological polar surface area (TPSA) is 170 Å². The van der Waals surface area contributed by atoms with Crippen LogP contribution in [0.5, 0.6) is 0 Å². The van der Waals surface area contributed by atoms with Gasteiger partial charge < -0.3 is 19.5 Å². The fraction of sp³-hybridized carbons (Fsp3) is 0.600. The minimum Gasteiger partial charge on any atom is -0.444 e. The Balaban J connectivity index is 1.89. The molecule has 314 valence electrons. The third-order valence-corrected chi connectivity index (χ3v) is 9.40. The van der Waals surface area contributed by atoms with E-state index in [9.17, 15) is 28.8 Å². The Bertz CT molecular complexity index is 1680. The third-order valence-electron chi connectivity index (χ3n) is 9.40. The molecule has 0 aromatic heterocycles. The lowest BCUT2D eigenvalue weighted by Crippen LogP contribution is -2.47. The van der Waals surface area contributed by atoms with Crippen LogP contribution in [-0.2, 0) is 46.2 Å². The van der Waals surface area contributed by atoms with Crippen LogP contribution in [0.4, 0.5) is 21.0 Å². The van der Waals surface area contributed by atoms with Crippen molar-refractivity contribution in [1.29, 1.82) is 0 Å². The van der Waals surface area contributed by atoms with Gasteiger partial charge in [0.05, 0.1) is 12.6 Å². The molecule has 0 radical (unpaired) electrons. The molecule has 3 amide bonds. The lowest BCUT2D eigenvalue weighted by molar-refractivity contribution is -0.134. The monoisotopic (exact) mass is 791 g/mol. The molecule has 3 rings (SSSR count). The molecule has 0 saturated carbocycles. The highest BCUT2D eigenvalue weighted by Crippen LogP contribution is 2.34. The summed E-state index contributed by atoms with van der Waals surface area (Å²) in [6.45, 7) is 18.7. The second kappa shape index (κ2) is 20.7. The number of benzene rings is 2. The van der Waals surface area contributed by atoms with E-state index < -0.39 is 52.8 Å². The molecule has 1 saturated heterocycles. The van der Waals surface area contributed by atoms with E-state index in [1.807, 2.05) is 13.8 Å². The van der Waals surface area contributed by atoms with Crippen molar-refractivity contribution < 1.29 is 43.0 Å². The quantitative estimate of drug-likeness (QED) is 0.0826. The Morgan fingerprint density at radius 1 is 0.737 bits per heavy atom. The molecule has 0 spiro atoms. The Hall–Kier alpha value is -4.58. The van der Waals surface area contributed by atoms with E-state index >= 15 is 0 Å². The lowest BCUT2D eigenvalue weighted by Gasteiger charge is -2.25. The van der Waals surface area contributed by atoms with Crippen LogP contribution in [-0.4, -0.2) is 64.9 Å². The average molecular weight is 792 g/mol. The summed E-state index contributed by atoms with van der Waals surface area (Å²) in [5.41, 5.74) is 0.248. The number of ether oxygens (including phenoxy) is 3. The van der Waals surface area contributed by atoms with Crippen LogP contribution in [0.25, 0.3) is 0 Å². The maximum Gasteiger partial charge on any atom is 0.412 e. The largest absolute Gasteiger partial charge is 0.444 e. The highest BCUT2D eigenvalue weighted by molar-refractivity contribution is 5.97. The number of carbonyl (C=O) groups is 6. The molecule has 12 nitrogen and oxygen atoms in total. The molecule has 2 aromatic rings. The van der Waals surface area contributed by atoms with E-state index in [2.05, 4.69) is 22.9 Å². The van der Waals surface area contributed by atoms with Crippen LogP contribution in [0, 0.1) is 17.8 Å². The zero-order chi connectivity index (χ0) is 42.6. The van der Waals surface area contributed by atoms with Gasteiger partial charge in [0.15, 0.2) is 11.6 Å². The van der Waals surface area contributed by atoms with Gasteiger partial charge in [0.1, 0.15) is 22.6 Å². The van der Waals surface area contributed by atoms with E-state index in [4.69, 9.17) is 14.2 Å². The number of Topliss-reactive ketones (excluding diaryl/α,β-unsaturated/α-hetero) is 3. The summed E-state index contributed by atoms with van der Waals surface area (Å²) in [5, 5.41) is 8.40. The Morgan fingerprint density at radius 2 is 1.23 bits per heavy atom. The molecule has 12 heteroatoms. The number of carbonyl (C=O) groups excluding carboxylic acids is 6. The molecule has 1 fully saturated rings. The maximum atomic E-state index is 14.3. The van der Waals surface area contributed by atoms with Crippen molar-refractivity contribution in [3.63, 3.8) is 0 Å². The number of ketones is 3. The van der Waals surface area contributed by atoms with Gasteiger partial charge in [-0.05, 0) is 115 Å². The molecule has 4 atom stereocenters. The predicted molar refractivity (Wildman–Crippen MR) is 221 cm³/mol. The molecule has 0 bridgehead atoms. The number of rotatable bonds is 21. The standard InChI is InChI=1S/C45H65N3O9/c1-11-12-13-14-36(49)26-33(24-30-15-19-34(20-16-30)46-41(53)56-43(4,5)6)40(52)48-37(38(50)27-32(23-29(2)3)39(51)45(10)28-55-45)25-31-17-21-35(22-18-31)47-42(54)57-44(7,8)9/h15-22,29,32-33,37H,11-14,23-28H2,1-10H3,(H,46,53)(H,47,54)(H,48,52)/t32-,33-,37+,45-/m1/s1. The molecule has 1 aliphatic rings. The second-order valence-electron chi connectivity index (χ2n) is 17.9. The van der Waals surface area contributed by atoms with Gasteiger partial charge in [0, 0.05) is 42.5 Å². The summed E-state index contributed by atoms with van der Waals surface area (Å²) in [5.74, 6) is -2.13. The van der Waals surface area contributed by atoms with Crippen molar-refractivity contribution >= 4 is 46.8 Å². The van der Waals surface area contributed by atoms with E-state index in [1.54, 1.807) is 97.0 Å².